The van der Waals surface area contributed by atoms with Gasteiger partial charge in [0.2, 0.25) is 0 Å². The quantitative estimate of drug-likeness (QED) is 0.764. The smallest absolute Gasteiger partial charge is 0.0586 e. The molecule has 3 rings (SSSR count). The molecule has 1 saturated carbocycles. The van der Waals surface area contributed by atoms with Gasteiger partial charge in [0.15, 0.2) is 0 Å². The molecule has 2 fully saturated rings. The van der Waals surface area contributed by atoms with Crippen molar-refractivity contribution in [2.45, 2.75) is 32.2 Å². The van der Waals surface area contributed by atoms with Gasteiger partial charge in [-0.1, -0.05) is 19.1 Å². The number of rotatable bonds is 5. The molecule has 1 N–H and O–H groups in total. The highest BCUT2D eigenvalue weighted by atomic mass is 16.3. The van der Waals surface area contributed by atoms with Gasteiger partial charge in [-0.3, -0.25) is 4.90 Å². The summed E-state index contributed by atoms with van der Waals surface area (Å²) in [4.78, 5) is 5.12. The van der Waals surface area contributed by atoms with Gasteiger partial charge in [0.1, 0.15) is 0 Å². The Balaban J connectivity index is 1.44. The number of nitrogens with zero attached hydrogens (tertiary/aromatic N) is 2. The van der Waals surface area contributed by atoms with E-state index < -0.39 is 0 Å². The van der Waals surface area contributed by atoms with Gasteiger partial charge < -0.3 is 10.0 Å². The molecule has 0 spiro atoms. The van der Waals surface area contributed by atoms with E-state index in [0.29, 0.717) is 12.6 Å². The molecule has 108 valence electrons. The van der Waals surface area contributed by atoms with Crippen LogP contribution in [0.1, 0.15) is 26.2 Å². The molecule has 3 nitrogen and oxygen atoms in total. The summed E-state index contributed by atoms with van der Waals surface area (Å²) in [5.74, 6) is 2.69. The van der Waals surface area contributed by atoms with Crippen molar-refractivity contribution < 1.29 is 5.11 Å². The zero-order valence-electron chi connectivity index (χ0n) is 12.2. The third-order valence-electron chi connectivity index (χ3n) is 5.51. The van der Waals surface area contributed by atoms with E-state index in [1.807, 2.05) is 0 Å². The van der Waals surface area contributed by atoms with Gasteiger partial charge in [0, 0.05) is 38.8 Å². The Morgan fingerprint density at radius 1 is 1.16 bits per heavy atom. The molecule has 0 aromatic heterocycles. The lowest BCUT2D eigenvalue weighted by molar-refractivity contribution is 0.0557. The predicted molar refractivity (Wildman–Crippen MR) is 78.0 cm³/mol. The molecular weight excluding hydrogens is 236 g/mol. The van der Waals surface area contributed by atoms with E-state index in [2.05, 4.69) is 28.9 Å². The van der Waals surface area contributed by atoms with Crippen LogP contribution in [0.2, 0.25) is 0 Å². The zero-order chi connectivity index (χ0) is 13.2. The third-order valence-corrected chi connectivity index (χ3v) is 5.51. The first-order valence-electron chi connectivity index (χ1n) is 8.05. The van der Waals surface area contributed by atoms with Gasteiger partial charge >= 0.3 is 0 Å². The maximum atomic E-state index is 9.38. The van der Waals surface area contributed by atoms with Crippen molar-refractivity contribution in [1.82, 2.24) is 9.80 Å². The highest BCUT2D eigenvalue weighted by Gasteiger charge is 2.36. The average molecular weight is 264 g/mol. The summed E-state index contributed by atoms with van der Waals surface area (Å²) < 4.78 is 0. The molecule has 1 heterocycles. The molecule has 19 heavy (non-hydrogen) atoms. The van der Waals surface area contributed by atoms with E-state index in [9.17, 15) is 5.11 Å². The summed E-state index contributed by atoms with van der Waals surface area (Å²) in [6, 6.07) is 0.382. The Morgan fingerprint density at radius 2 is 1.95 bits per heavy atom. The second kappa shape index (κ2) is 5.94. The molecule has 1 aliphatic heterocycles. The molecule has 3 heteroatoms. The summed E-state index contributed by atoms with van der Waals surface area (Å²) in [7, 11) is 0. The second-order valence-electron chi connectivity index (χ2n) is 6.62. The van der Waals surface area contributed by atoms with Crippen LogP contribution in [0.3, 0.4) is 0 Å². The van der Waals surface area contributed by atoms with Crippen LogP contribution < -0.4 is 0 Å². The zero-order valence-corrected chi connectivity index (χ0v) is 12.2. The first kappa shape index (κ1) is 13.6. The van der Waals surface area contributed by atoms with E-state index in [-0.39, 0.29) is 0 Å². The number of aliphatic hydroxyl groups is 1. The van der Waals surface area contributed by atoms with Crippen LogP contribution in [-0.4, -0.2) is 60.3 Å². The van der Waals surface area contributed by atoms with Crippen molar-refractivity contribution in [2.24, 2.45) is 17.8 Å². The van der Waals surface area contributed by atoms with Gasteiger partial charge in [-0.25, -0.2) is 0 Å². The minimum Gasteiger partial charge on any atom is -0.395 e. The fourth-order valence-corrected chi connectivity index (χ4v) is 4.25. The van der Waals surface area contributed by atoms with Gasteiger partial charge in [0.05, 0.1) is 6.61 Å². The first-order chi connectivity index (χ1) is 9.30. The molecule has 4 atom stereocenters. The number of piperazine rings is 1. The summed E-state index contributed by atoms with van der Waals surface area (Å²) in [6.07, 6.45) is 8.82. The SMILES string of the molecule is CC[C@@H](CO)N1CCN(C[C@@H]2C[C@H]3C=C[C@H]2C3)CC1. The molecule has 0 unspecified atom stereocenters. The Hall–Kier alpha value is -0.380. The molecule has 0 aromatic rings. The van der Waals surface area contributed by atoms with Crippen molar-refractivity contribution >= 4 is 0 Å². The number of aliphatic hydroxyl groups excluding tert-OH is 1. The molecule has 0 radical (unpaired) electrons. The van der Waals surface area contributed by atoms with Crippen LogP contribution in [0.15, 0.2) is 12.2 Å². The Kier molecular flexibility index (Phi) is 4.25. The van der Waals surface area contributed by atoms with Crippen molar-refractivity contribution in [3.63, 3.8) is 0 Å². The minimum absolute atomic E-state index is 0.313. The monoisotopic (exact) mass is 264 g/mol. The van der Waals surface area contributed by atoms with E-state index in [4.69, 9.17) is 0 Å². The normalized spacial score (nSPS) is 37.1. The fourth-order valence-electron chi connectivity index (χ4n) is 4.25. The van der Waals surface area contributed by atoms with E-state index in [0.717, 1.165) is 37.3 Å². The molecule has 2 aliphatic carbocycles. The highest BCUT2D eigenvalue weighted by Crippen LogP contribution is 2.43. The molecule has 3 aliphatic rings. The van der Waals surface area contributed by atoms with Gasteiger partial charge in [0.25, 0.3) is 0 Å². The Labute approximate surface area is 117 Å². The summed E-state index contributed by atoms with van der Waals surface area (Å²) >= 11 is 0. The third kappa shape index (κ3) is 2.88. The maximum absolute atomic E-state index is 9.38. The fraction of sp³-hybridized carbons (Fsp3) is 0.875. The van der Waals surface area contributed by atoms with Gasteiger partial charge in [-0.15, -0.1) is 0 Å². The number of fused-ring (bicyclic) bond motifs is 2. The van der Waals surface area contributed by atoms with Crippen LogP contribution in [0.4, 0.5) is 0 Å². The number of hydrogen-bond acceptors (Lipinski definition) is 3. The topological polar surface area (TPSA) is 26.7 Å². The maximum Gasteiger partial charge on any atom is 0.0586 e. The second-order valence-corrected chi connectivity index (χ2v) is 6.62. The lowest BCUT2D eigenvalue weighted by atomic mass is 9.93. The first-order valence-corrected chi connectivity index (χ1v) is 8.05. The predicted octanol–water partition coefficient (Wildman–Crippen LogP) is 1.59. The molecule has 2 bridgehead atoms. The Morgan fingerprint density at radius 3 is 2.47 bits per heavy atom. The standard InChI is InChI=1S/C16H28N2O/c1-2-16(12-19)18-7-5-17(6-8-18)11-15-10-13-3-4-14(15)9-13/h3-4,13-16,19H,2,5-12H2,1H3/t13-,14-,15-,16-/m0/s1. The summed E-state index contributed by atoms with van der Waals surface area (Å²) in [5, 5.41) is 9.38. The van der Waals surface area contributed by atoms with Crippen LogP contribution in [0.5, 0.6) is 0 Å². The molecule has 0 amide bonds. The molecule has 1 saturated heterocycles. The number of allylic oxidation sites excluding steroid dienone is 2. The van der Waals surface area contributed by atoms with Crippen molar-refractivity contribution in [1.29, 1.82) is 0 Å². The highest BCUT2D eigenvalue weighted by molar-refractivity contribution is 5.10. The van der Waals surface area contributed by atoms with E-state index in [1.165, 1.54) is 32.5 Å². The van der Waals surface area contributed by atoms with Crippen LogP contribution >= 0.6 is 0 Å². The van der Waals surface area contributed by atoms with Gasteiger partial charge in [-0.2, -0.15) is 0 Å². The van der Waals surface area contributed by atoms with Crippen LogP contribution in [0.25, 0.3) is 0 Å². The van der Waals surface area contributed by atoms with Crippen LogP contribution in [-0.2, 0) is 0 Å². The van der Waals surface area contributed by atoms with Crippen molar-refractivity contribution in [3.8, 4) is 0 Å². The lowest BCUT2D eigenvalue weighted by Gasteiger charge is -2.39. The van der Waals surface area contributed by atoms with E-state index in [1.54, 1.807) is 0 Å². The largest absolute Gasteiger partial charge is 0.395 e. The number of hydrogen-bond donors (Lipinski definition) is 1. The Bertz CT molecular complexity index is 319. The van der Waals surface area contributed by atoms with Gasteiger partial charge in [-0.05, 0) is 37.0 Å². The van der Waals surface area contributed by atoms with Crippen molar-refractivity contribution in [3.05, 3.63) is 12.2 Å². The lowest BCUT2D eigenvalue weighted by Crippen LogP contribution is -2.52. The molecular formula is C16H28N2O. The summed E-state index contributed by atoms with van der Waals surface area (Å²) in [6.45, 7) is 8.44. The van der Waals surface area contributed by atoms with Crippen molar-refractivity contribution in [2.75, 3.05) is 39.3 Å². The molecule has 0 aromatic carbocycles. The minimum atomic E-state index is 0.313. The van der Waals surface area contributed by atoms with E-state index >= 15 is 0 Å². The summed E-state index contributed by atoms with van der Waals surface area (Å²) in [5.41, 5.74) is 0. The average Bonchev–Trinajstić information content (AvgIpc) is 3.04. The van der Waals surface area contributed by atoms with Crippen LogP contribution in [0, 0.1) is 17.8 Å².